The topological polar surface area (TPSA) is 94.7 Å². The molecular formula is C13H10F2N6O2. The first kappa shape index (κ1) is 14.8. The fourth-order valence-electron chi connectivity index (χ4n) is 2.00. The molecule has 0 aliphatic rings. The van der Waals surface area contributed by atoms with E-state index in [1.54, 1.807) is 7.05 Å². The van der Waals surface area contributed by atoms with Crippen LogP contribution < -0.4 is 10.9 Å². The lowest BCUT2D eigenvalue weighted by atomic mass is 10.3. The van der Waals surface area contributed by atoms with Crippen LogP contribution in [0.5, 0.6) is 0 Å². The highest BCUT2D eigenvalue weighted by atomic mass is 19.1. The molecule has 1 amide bonds. The van der Waals surface area contributed by atoms with Crippen LogP contribution in [0.15, 0.2) is 29.3 Å². The lowest BCUT2D eigenvalue weighted by Crippen LogP contribution is -2.28. The van der Waals surface area contributed by atoms with Gasteiger partial charge in [-0.1, -0.05) is 5.21 Å². The average molecular weight is 320 g/mol. The molecule has 0 atom stereocenters. The van der Waals surface area contributed by atoms with E-state index in [1.807, 2.05) is 0 Å². The van der Waals surface area contributed by atoms with Crippen LogP contribution in [0.3, 0.4) is 0 Å². The molecule has 0 spiro atoms. The average Bonchev–Trinajstić information content (AvgIpc) is 2.87. The van der Waals surface area contributed by atoms with Crippen LogP contribution in [0, 0.1) is 11.6 Å². The summed E-state index contributed by atoms with van der Waals surface area (Å²) in [5.74, 6) is -2.33. The van der Waals surface area contributed by atoms with Gasteiger partial charge in [0.2, 0.25) is 5.91 Å². The molecule has 2 heterocycles. The van der Waals surface area contributed by atoms with Gasteiger partial charge >= 0.3 is 0 Å². The SMILES string of the molecule is Cn1nnc2c(=O)n(CC(=O)Nc3ccc(F)cc3F)cnc21. The molecule has 0 fully saturated rings. The van der Waals surface area contributed by atoms with E-state index < -0.39 is 29.6 Å². The molecule has 1 N–H and O–H groups in total. The number of rotatable bonds is 3. The number of nitrogens with one attached hydrogen (secondary N) is 1. The van der Waals surface area contributed by atoms with E-state index >= 15 is 0 Å². The number of aryl methyl sites for hydroxylation is 1. The van der Waals surface area contributed by atoms with Crippen LogP contribution in [0.2, 0.25) is 0 Å². The van der Waals surface area contributed by atoms with Crippen LogP contribution in [0.1, 0.15) is 0 Å². The standard InChI is InChI=1S/C13H10F2N6O2/c1-20-12-11(18-19-20)13(23)21(6-16-12)5-10(22)17-9-3-2-7(14)4-8(9)15/h2-4,6H,5H2,1H3,(H,17,22). The summed E-state index contributed by atoms with van der Waals surface area (Å²) in [5, 5.41) is 9.60. The molecule has 3 rings (SSSR count). The van der Waals surface area contributed by atoms with Gasteiger partial charge in [0.15, 0.2) is 11.2 Å². The second-order valence-electron chi connectivity index (χ2n) is 4.74. The molecule has 0 aliphatic carbocycles. The third kappa shape index (κ3) is 2.78. The minimum atomic E-state index is -0.909. The second kappa shape index (κ2) is 5.55. The van der Waals surface area contributed by atoms with E-state index in [0.29, 0.717) is 6.07 Å². The van der Waals surface area contributed by atoms with E-state index in [9.17, 15) is 18.4 Å². The van der Waals surface area contributed by atoms with Gasteiger partial charge in [-0.25, -0.2) is 18.4 Å². The van der Waals surface area contributed by atoms with E-state index in [2.05, 4.69) is 20.6 Å². The Morgan fingerprint density at radius 2 is 2.13 bits per heavy atom. The highest BCUT2D eigenvalue weighted by molar-refractivity contribution is 5.90. The number of fused-ring (bicyclic) bond motifs is 1. The van der Waals surface area contributed by atoms with Crippen LogP contribution in [-0.4, -0.2) is 30.5 Å². The Kier molecular flexibility index (Phi) is 3.56. The van der Waals surface area contributed by atoms with Gasteiger partial charge in [0.1, 0.15) is 24.5 Å². The van der Waals surface area contributed by atoms with Crippen molar-refractivity contribution in [3.8, 4) is 0 Å². The number of amides is 1. The minimum Gasteiger partial charge on any atom is -0.322 e. The van der Waals surface area contributed by atoms with E-state index in [0.717, 1.165) is 16.7 Å². The molecule has 1 aromatic carbocycles. The minimum absolute atomic E-state index is 0.0239. The lowest BCUT2D eigenvalue weighted by Gasteiger charge is -2.07. The summed E-state index contributed by atoms with van der Waals surface area (Å²) >= 11 is 0. The molecule has 0 radical (unpaired) electrons. The van der Waals surface area contributed by atoms with Gasteiger partial charge in [-0.15, -0.1) is 5.10 Å². The second-order valence-corrected chi connectivity index (χ2v) is 4.74. The molecule has 0 aliphatic heterocycles. The number of benzene rings is 1. The zero-order chi connectivity index (χ0) is 16.6. The molecule has 8 nitrogen and oxygen atoms in total. The van der Waals surface area contributed by atoms with Crippen molar-refractivity contribution in [3.05, 3.63) is 46.5 Å². The molecule has 23 heavy (non-hydrogen) atoms. The summed E-state index contributed by atoms with van der Waals surface area (Å²) in [7, 11) is 1.58. The third-order valence-electron chi connectivity index (χ3n) is 3.10. The molecule has 2 aromatic heterocycles. The smallest absolute Gasteiger partial charge is 0.283 e. The quantitative estimate of drug-likeness (QED) is 0.756. The largest absolute Gasteiger partial charge is 0.322 e. The van der Waals surface area contributed by atoms with Crippen LogP contribution in [-0.2, 0) is 18.4 Å². The predicted octanol–water partition coefficient (Wildman–Crippen LogP) is 0.442. The van der Waals surface area contributed by atoms with Crippen molar-refractivity contribution in [1.29, 1.82) is 0 Å². The van der Waals surface area contributed by atoms with Crippen LogP contribution in [0.25, 0.3) is 11.2 Å². The lowest BCUT2D eigenvalue weighted by molar-refractivity contribution is -0.116. The van der Waals surface area contributed by atoms with Gasteiger partial charge in [-0.2, -0.15) is 0 Å². The van der Waals surface area contributed by atoms with Gasteiger partial charge in [0, 0.05) is 13.1 Å². The molecule has 0 saturated heterocycles. The highest BCUT2D eigenvalue weighted by Crippen LogP contribution is 2.14. The maximum Gasteiger partial charge on any atom is 0.283 e. The predicted molar refractivity (Wildman–Crippen MR) is 75.6 cm³/mol. The molecule has 0 unspecified atom stereocenters. The first-order valence-electron chi connectivity index (χ1n) is 6.45. The molecule has 10 heteroatoms. The zero-order valence-corrected chi connectivity index (χ0v) is 11.8. The Bertz CT molecular complexity index is 965. The van der Waals surface area contributed by atoms with Crippen molar-refractivity contribution in [2.24, 2.45) is 7.05 Å². The first-order valence-corrected chi connectivity index (χ1v) is 6.45. The molecule has 3 aromatic rings. The summed E-state index contributed by atoms with van der Waals surface area (Å²) in [6, 6.07) is 2.75. The van der Waals surface area contributed by atoms with E-state index in [1.165, 1.54) is 11.0 Å². The summed E-state index contributed by atoms with van der Waals surface area (Å²) in [5.41, 5.74) is -0.414. The van der Waals surface area contributed by atoms with Crippen molar-refractivity contribution < 1.29 is 13.6 Å². The third-order valence-corrected chi connectivity index (χ3v) is 3.10. The Morgan fingerprint density at radius 1 is 1.35 bits per heavy atom. The Morgan fingerprint density at radius 3 is 2.87 bits per heavy atom. The van der Waals surface area contributed by atoms with Crippen molar-refractivity contribution in [2.75, 3.05) is 5.32 Å². The Hall–Kier alpha value is -3.17. The molecule has 118 valence electrons. The monoisotopic (exact) mass is 320 g/mol. The summed E-state index contributed by atoms with van der Waals surface area (Å²) in [6.07, 6.45) is 1.18. The molecule has 0 saturated carbocycles. The van der Waals surface area contributed by atoms with Crippen molar-refractivity contribution in [1.82, 2.24) is 24.5 Å². The number of carbonyl (C=O) groups is 1. The van der Waals surface area contributed by atoms with Gasteiger partial charge in [0.05, 0.1) is 5.69 Å². The number of hydrogen-bond donors (Lipinski definition) is 1. The maximum absolute atomic E-state index is 13.5. The van der Waals surface area contributed by atoms with Gasteiger partial charge in [-0.05, 0) is 12.1 Å². The maximum atomic E-state index is 13.5. The fraction of sp³-hybridized carbons (Fsp3) is 0.154. The number of aromatic nitrogens is 5. The van der Waals surface area contributed by atoms with Crippen molar-refractivity contribution >= 4 is 22.8 Å². The number of halogens is 2. The van der Waals surface area contributed by atoms with Crippen LogP contribution in [0.4, 0.5) is 14.5 Å². The van der Waals surface area contributed by atoms with E-state index in [4.69, 9.17) is 0 Å². The normalized spacial score (nSPS) is 10.9. The Balaban J connectivity index is 1.83. The number of anilines is 1. The van der Waals surface area contributed by atoms with Crippen LogP contribution >= 0.6 is 0 Å². The highest BCUT2D eigenvalue weighted by Gasteiger charge is 2.13. The van der Waals surface area contributed by atoms with Gasteiger partial charge in [-0.3, -0.25) is 14.2 Å². The fourth-order valence-corrected chi connectivity index (χ4v) is 2.00. The summed E-state index contributed by atoms with van der Waals surface area (Å²) in [4.78, 5) is 28.0. The number of nitrogens with zero attached hydrogens (tertiary/aromatic N) is 5. The molecular weight excluding hydrogens is 310 g/mol. The molecule has 0 bridgehead atoms. The van der Waals surface area contributed by atoms with E-state index in [-0.39, 0.29) is 16.9 Å². The number of carbonyl (C=O) groups excluding carboxylic acids is 1. The van der Waals surface area contributed by atoms with Gasteiger partial charge in [0.25, 0.3) is 5.56 Å². The summed E-state index contributed by atoms with van der Waals surface area (Å²) in [6.45, 7) is -0.394. The van der Waals surface area contributed by atoms with Gasteiger partial charge < -0.3 is 5.32 Å². The zero-order valence-electron chi connectivity index (χ0n) is 11.8. The van der Waals surface area contributed by atoms with Crippen molar-refractivity contribution in [2.45, 2.75) is 6.54 Å². The Labute approximate surface area is 127 Å². The summed E-state index contributed by atoms with van der Waals surface area (Å²) < 4.78 is 28.6. The number of hydrogen-bond acceptors (Lipinski definition) is 5. The van der Waals surface area contributed by atoms with Crippen molar-refractivity contribution in [3.63, 3.8) is 0 Å². The first-order chi connectivity index (χ1) is 11.0.